The highest BCUT2D eigenvalue weighted by atomic mass is 16.1. The van der Waals surface area contributed by atoms with Crippen molar-refractivity contribution in [3.8, 4) is 11.3 Å². The molecule has 0 unspecified atom stereocenters. The van der Waals surface area contributed by atoms with E-state index in [1.807, 2.05) is 71.4 Å². The minimum atomic E-state index is -0.124. The van der Waals surface area contributed by atoms with Crippen molar-refractivity contribution >= 4 is 17.4 Å². The van der Waals surface area contributed by atoms with Crippen LogP contribution in [0.5, 0.6) is 0 Å². The summed E-state index contributed by atoms with van der Waals surface area (Å²) < 4.78 is 1.87. The van der Waals surface area contributed by atoms with Crippen molar-refractivity contribution in [3.05, 3.63) is 84.3 Å². The van der Waals surface area contributed by atoms with Gasteiger partial charge in [0.2, 0.25) is 5.78 Å². The summed E-state index contributed by atoms with van der Waals surface area (Å²) in [7, 11) is 0. The number of hydrogen-bond donors (Lipinski definition) is 1. The first kappa shape index (κ1) is 16.0. The van der Waals surface area contributed by atoms with Crippen molar-refractivity contribution in [2.75, 3.05) is 5.32 Å². The SMILES string of the molecule is CCc1ccc(C(=O)Nc2cccc(-c3cn4cccnc4n3)c2)cc1. The van der Waals surface area contributed by atoms with Crippen LogP contribution in [0.1, 0.15) is 22.8 Å². The Kier molecular flexibility index (Phi) is 4.19. The molecule has 5 heteroatoms. The summed E-state index contributed by atoms with van der Waals surface area (Å²) in [4.78, 5) is 21.2. The summed E-state index contributed by atoms with van der Waals surface area (Å²) in [6.45, 7) is 2.09. The third kappa shape index (κ3) is 3.19. The van der Waals surface area contributed by atoms with Crippen LogP contribution in [0, 0.1) is 0 Å². The Morgan fingerprint density at radius 1 is 1.12 bits per heavy atom. The second-order valence-electron chi connectivity index (χ2n) is 6.04. The third-order valence-electron chi connectivity index (χ3n) is 4.28. The second kappa shape index (κ2) is 6.80. The number of carbonyl (C=O) groups is 1. The average molecular weight is 342 g/mol. The average Bonchev–Trinajstić information content (AvgIpc) is 3.12. The summed E-state index contributed by atoms with van der Waals surface area (Å²) >= 11 is 0. The fourth-order valence-electron chi connectivity index (χ4n) is 2.82. The Hall–Kier alpha value is -3.47. The molecule has 0 bridgehead atoms. The zero-order valence-electron chi connectivity index (χ0n) is 14.4. The summed E-state index contributed by atoms with van der Waals surface area (Å²) in [5.74, 6) is 0.523. The lowest BCUT2D eigenvalue weighted by molar-refractivity contribution is 0.102. The lowest BCUT2D eigenvalue weighted by Gasteiger charge is -2.07. The van der Waals surface area contributed by atoms with Gasteiger partial charge in [-0.15, -0.1) is 0 Å². The topological polar surface area (TPSA) is 59.3 Å². The Labute approximate surface area is 151 Å². The molecule has 0 saturated heterocycles. The van der Waals surface area contributed by atoms with Crippen LogP contribution in [0.2, 0.25) is 0 Å². The number of nitrogens with zero attached hydrogens (tertiary/aromatic N) is 3. The molecule has 0 aliphatic carbocycles. The third-order valence-corrected chi connectivity index (χ3v) is 4.28. The number of imidazole rings is 1. The van der Waals surface area contributed by atoms with Crippen molar-refractivity contribution < 1.29 is 4.79 Å². The van der Waals surface area contributed by atoms with Gasteiger partial charge in [-0.2, -0.15) is 0 Å². The van der Waals surface area contributed by atoms with Gasteiger partial charge in [-0.1, -0.05) is 31.2 Å². The number of nitrogens with one attached hydrogen (secondary N) is 1. The van der Waals surface area contributed by atoms with Crippen LogP contribution in [0.4, 0.5) is 5.69 Å². The Morgan fingerprint density at radius 3 is 2.73 bits per heavy atom. The maximum Gasteiger partial charge on any atom is 0.255 e. The van der Waals surface area contributed by atoms with Gasteiger partial charge in [0.15, 0.2) is 0 Å². The summed E-state index contributed by atoms with van der Waals surface area (Å²) in [6.07, 6.45) is 6.50. The molecule has 1 N–H and O–H groups in total. The Morgan fingerprint density at radius 2 is 1.96 bits per heavy atom. The molecule has 26 heavy (non-hydrogen) atoms. The number of hydrogen-bond acceptors (Lipinski definition) is 3. The van der Waals surface area contributed by atoms with Gasteiger partial charge in [0, 0.05) is 35.4 Å². The molecule has 1 amide bonds. The van der Waals surface area contributed by atoms with Gasteiger partial charge in [0.05, 0.1) is 5.69 Å². The maximum absolute atomic E-state index is 12.5. The van der Waals surface area contributed by atoms with Crippen molar-refractivity contribution in [1.82, 2.24) is 14.4 Å². The number of fused-ring (bicyclic) bond motifs is 1. The maximum atomic E-state index is 12.5. The molecule has 4 aromatic rings. The van der Waals surface area contributed by atoms with E-state index >= 15 is 0 Å². The number of benzene rings is 2. The predicted octanol–water partition coefficient (Wildman–Crippen LogP) is 4.21. The lowest BCUT2D eigenvalue weighted by atomic mass is 10.1. The normalized spacial score (nSPS) is 10.8. The standard InChI is InChI=1S/C21H18N4O/c1-2-15-7-9-16(10-8-15)20(26)23-18-6-3-5-17(13-18)19-14-25-12-4-11-22-21(25)24-19/h3-14H,2H2,1H3,(H,23,26). The van der Waals surface area contributed by atoms with Crippen LogP contribution in [-0.2, 0) is 6.42 Å². The van der Waals surface area contributed by atoms with Crippen molar-refractivity contribution in [2.45, 2.75) is 13.3 Å². The molecular formula is C21H18N4O. The molecule has 2 heterocycles. The van der Waals surface area contributed by atoms with Crippen LogP contribution < -0.4 is 5.32 Å². The molecule has 0 fully saturated rings. The second-order valence-corrected chi connectivity index (χ2v) is 6.04. The van der Waals surface area contributed by atoms with Crippen molar-refractivity contribution in [3.63, 3.8) is 0 Å². The van der Waals surface area contributed by atoms with E-state index in [0.717, 1.165) is 23.4 Å². The molecule has 0 saturated carbocycles. The fourth-order valence-corrected chi connectivity index (χ4v) is 2.82. The monoisotopic (exact) mass is 342 g/mol. The summed E-state index contributed by atoms with van der Waals surface area (Å²) in [6, 6.07) is 17.2. The van der Waals surface area contributed by atoms with E-state index in [4.69, 9.17) is 0 Å². The first-order valence-corrected chi connectivity index (χ1v) is 8.53. The van der Waals surface area contributed by atoms with Crippen LogP contribution in [0.25, 0.3) is 17.0 Å². The van der Waals surface area contributed by atoms with Crippen LogP contribution >= 0.6 is 0 Å². The number of anilines is 1. The minimum Gasteiger partial charge on any atom is -0.322 e. The van der Waals surface area contributed by atoms with Gasteiger partial charge in [0.1, 0.15) is 0 Å². The van der Waals surface area contributed by atoms with E-state index in [1.54, 1.807) is 6.20 Å². The zero-order valence-corrected chi connectivity index (χ0v) is 14.4. The van der Waals surface area contributed by atoms with E-state index in [2.05, 4.69) is 22.2 Å². The molecule has 0 aliphatic heterocycles. The number of amides is 1. The first-order chi connectivity index (χ1) is 12.7. The highest BCUT2D eigenvalue weighted by molar-refractivity contribution is 6.04. The number of rotatable bonds is 4. The largest absolute Gasteiger partial charge is 0.322 e. The minimum absolute atomic E-state index is 0.124. The van der Waals surface area contributed by atoms with E-state index in [1.165, 1.54) is 5.56 Å². The fraction of sp³-hybridized carbons (Fsp3) is 0.0952. The van der Waals surface area contributed by atoms with E-state index < -0.39 is 0 Å². The molecule has 0 atom stereocenters. The van der Waals surface area contributed by atoms with Gasteiger partial charge in [-0.05, 0) is 42.3 Å². The van der Waals surface area contributed by atoms with Crippen LogP contribution in [0.3, 0.4) is 0 Å². The molecule has 0 aliphatic rings. The van der Waals surface area contributed by atoms with Crippen LogP contribution in [-0.4, -0.2) is 20.3 Å². The molecule has 4 rings (SSSR count). The van der Waals surface area contributed by atoms with Gasteiger partial charge in [-0.3, -0.25) is 9.20 Å². The molecule has 5 nitrogen and oxygen atoms in total. The smallest absolute Gasteiger partial charge is 0.255 e. The Bertz CT molecular complexity index is 1030. The summed E-state index contributed by atoms with van der Waals surface area (Å²) in [5, 5.41) is 2.95. The van der Waals surface area contributed by atoms with Gasteiger partial charge >= 0.3 is 0 Å². The highest BCUT2D eigenvalue weighted by Crippen LogP contribution is 2.22. The van der Waals surface area contributed by atoms with Crippen LogP contribution in [0.15, 0.2) is 73.2 Å². The molecular weight excluding hydrogens is 324 g/mol. The van der Waals surface area contributed by atoms with Gasteiger partial charge in [-0.25, -0.2) is 9.97 Å². The van der Waals surface area contributed by atoms with Crippen molar-refractivity contribution in [2.24, 2.45) is 0 Å². The molecule has 0 radical (unpaired) electrons. The van der Waals surface area contributed by atoms with Gasteiger partial charge < -0.3 is 5.32 Å². The van der Waals surface area contributed by atoms with Gasteiger partial charge in [0.25, 0.3) is 5.91 Å². The number of aryl methyl sites for hydroxylation is 1. The number of aromatic nitrogens is 3. The molecule has 2 aromatic carbocycles. The lowest BCUT2D eigenvalue weighted by Crippen LogP contribution is -2.11. The molecule has 128 valence electrons. The highest BCUT2D eigenvalue weighted by Gasteiger charge is 2.09. The van der Waals surface area contributed by atoms with E-state index in [0.29, 0.717) is 11.3 Å². The zero-order chi connectivity index (χ0) is 17.9. The summed E-state index contributed by atoms with van der Waals surface area (Å²) in [5.41, 5.74) is 4.33. The molecule has 0 spiro atoms. The van der Waals surface area contributed by atoms with E-state index in [-0.39, 0.29) is 5.91 Å². The first-order valence-electron chi connectivity index (χ1n) is 8.53. The molecule has 2 aromatic heterocycles. The van der Waals surface area contributed by atoms with E-state index in [9.17, 15) is 4.79 Å². The van der Waals surface area contributed by atoms with Crippen molar-refractivity contribution in [1.29, 1.82) is 0 Å². The quantitative estimate of drug-likeness (QED) is 0.604. The predicted molar refractivity (Wildman–Crippen MR) is 102 cm³/mol. The number of carbonyl (C=O) groups excluding carboxylic acids is 1. The Balaban J connectivity index is 1.57.